The molecule has 0 amide bonds. The van der Waals surface area contributed by atoms with Gasteiger partial charge in [0.2, 0.25) is 0 Å². The predicted molar refractivity (Wildman–Crippen MR) is 89.8 cm³/mol. The molecule has 1 aliphatic carbocycles. The van der Waals surface area contributed by atoms with E-state index in [4.69, 9.17) is 4.99 Å². The molecular weight excluding hydrogens is 298 g/mol. The van der Waals surface area contributed by atoms with Crippen molar-refractivity contribution in [2.24, 2.45) is 22.7 Å². The van der Waals surface area contributed by atoms with E-state index < -0.39 is 9.84 Å². The van der Waals surface area contributed by atoms with Crippen LogP contribution in [-0.4, -0.2) is 57.0 Å². The zero-order valence-electron chi connectivity index (χ0n) is 13.6. The highest BCUT2D eigenvalue weighted by atomic mass is 32.2. The molecule has 1 saturated carbocycles. The van der Waals surface area contributed by atoms with Crippen LogP contribution in [0.2, 0.25) is 0 Å². The Morgan fingerprint density at radius 3 is 2.41 bits per heavy atom. The van der Waals surface area contributed by atoms with Gasteiger partial charge in [0.05, 0.1) is 11.5 Å². The fraction of sp³-hybridized carbons (Fsp3) is 0.938. The lowest BCUT2D eigenvalue weighted by molar-refractivity contribution is 0.299. The summed E-state index contributed by atoms with van der Waals surface area (Å²) in [5, 5.41) is 3.41. The number of hydrogen-bond acceptors (Lipinski definition) is 3. The van der Waals surface area contributed by atoms with Crippen LogP contribution in [0.1, 0.15) is 39.0 Å². The SMILES string of the molecule is CCNC(=NCC1CCS(=O)(=O)C1)N1CC2CCCCC2C1. The average molecular weight is 327 g/mol. The second-order valence-corrected chi connectivity index (χ2v) is 9.40. The third kappa shape index (κ3) is 3.76. The van der Waals surface area contributed by atoms with Gasteiger partial charge in [0.25, 0.3) is 0 Å². The van der Waals surface area contributed by atoms with E-state index in [9.17, 15) is 8.42 Å². The first kappa shape index (κ1) is 16.1. The summed E-state index contributed by atoms with van der Waals surface area (Å²) >= 11 is 0. The maximum absolute atomic E-state index is 11.6. The summed E-state index contributed by atoms with van der Waals surface area (Å²) in [7, 11) is -2.80. The van der Waals surface area contributed by atoms with Crippen molar-refractivity contribution in [3.8, 4) is 0 Å². The van der Waals surface area contributed by atoms with Gasteiger partial charge in [-0.05, 0) is 43.9 Å². The molecule has 0 aromatic heterocycles. The number of hydrogen-bond donors (Lipinski definition) is 1. The van der Waals surface area contributed by atoms with E-state index in [0.717, 1.165) is 43.9 Å². The Balaban J connectivity index is 1.61. The monoisotopic (exact) mass is 327 g/mol. The summed E-state index contributed by atoms with van der Waals surface area (Å²) in [5.41, 5.74) is 0. The molecule has 3 rings (SSSR count). The summed E-state index contributed by atoms with van der Waals surface area (Å²) in [6, 6.07) is 0. The van der Waals surface area contributed by atoms with Crippen LogP contribution in [0.5, 0.6) is 0 Å². The molecule has 3 atom stereocenters. The molecule has 0 aromatic rings. The molecule has 2 aliphatic heterocycles. The van der Waals surface area contributed by atoms with Gasteiger partial charge in [-0.3, -0.25) is 4.99 Å². The Morgan fingerprint density at radius 2 is 1.86 bits per heavy atom. The van der Waals surface area contributed by atoms with Crippen molar-refractivity contribution in [2.75, 3.05) is 37.7 Å². The largest absolute Gasteiger partial charge is 0.357 e. The molecule has 0 aromatic carbocycles. The van der Waals surface area contributed by atoms with Gasteiger partial charge in [-0.1, -0.05) is 12.8 Å². The number of rotatable bonds is 3. The second-order valence-electron chi connectivity index (χ2n) is 7.17. The Morgan fingerprint density at radius 1 is 1.18 bits per heavy atom. The van der Waals surface area contributed by atoms with E-state index in [2.05, 4.69) is 17.1 Å². The van der Waals surface area contributed by atoms with Crippen LogP contribution in [0.4, 0.5) is 0 Å². The Hall–Kier alpha value is -0.780. The average Bonchev–Trinajstić information content (AvgIpc) is 3.06. The number of aliphatic imine (C=N–C) groups is 1. The van der Waals surface area contributed by atoms with Crippen LogP contribution >= 0.6 is 0 Å². The van der Waals surface area contributed by atoms with Crippen molar-refractivity contribution < 1.29 is 8.42 Å². The van der Waals surface area contributed by atoms with Crippen molar-refractivity contribution in [3.05, 3.63) is 0 Å². The van der Waals surface area contributed by atoms with Crippen LogP contribution in [0.15, 0.2) is 4.99 Å². The molecule has 2 heterocycles. The number of nitrogens with zero attached hydrogens (tertiary/aromatic N) is 2. The van der Waals surface area contributed by atoms with Gasteiger partial charge in [0.1, 0.15) is 0 Å². The molecule has 2 saturated heterocycles. The first-order valence-corrected chi connectivity index (χ1v) is 10.6. The number of nitrogens with one attached hydrogen (secondary N) is 1. The minimum absolute atomic E-state index is 0.212. The number of likely N-dealkylation sites (tertiary alicyclic amines) is 1. The van der Waals surface area contributed by atoms with Crippen LogP contribution in [0.25, 0.3) is 0 Å². The van der Waals surface area contributed by atoms with Crippen LogP contribution < -0.4 is 5.32 Å². The van der Waals surface area contributed by atoms with E-state index in [1.165, 1.54) is 25.7 Å². The molecule has 0 spiro atoms. The van der Waals surface area contributed by atoms with Crippen molar-refractivity contribution >= 4 is 15.8 Å². The smallest absolute Gasteiger partial charge is 0.193 e. The molecule has 22 heavy (non-hydrogen) atoms. The molecule has 0 radical (unpaired) electrons. The minimum atomic E-state index is -2.80. The number of sulfone groups is 1. The molecule has 3 aliphatic rings. The summed E-state index contributed by atoms with van der Waals surface area (Å²) in [6.45, 7) is 5.86. The van der Waals surface area contributed by atoms with E-state index in [1.54, 1.807) is 0 Å². The summed E-state index contributed by atoms with van der Waals surface area (Å²) in [5.74, 6) is 3.55. The van der Waals surface area contributed by atoms with Crippen LogP contribution in [-0.2, 0) is 9.84 Å². The molecule has 3 unspecified atom stereocenters. The van der Waals surface area contributed by atoms with Gasteiger partial charge in [0, 0.05) is 26.2 Å². The fourth-order valence-electron chi connectivity index (χ4n) is 4.24. The van der Waals surface area contributed by atoms with E-state index in [-0.39, 0.29) is 5.92 Å². The van der Waals surface area contributed by atoms with Gasteiger partial charge >= 0.3 is 0 Å². The highest BCUT2D eigenvalue weighted by Crippen LogP contribution is 2.36. The molecule has 126 valence electrons. The van der Waals surface area contributed by atoms with Crippen molar-refractivity contribution in [2.45, 2.75) is 39.0 Å². The highest BCUT2D eigenvalue weighted by Gasteiger charge is 2.35. The van der Waals surface area contributed by atoms with Gasteiger partial charge in [-0.15, -0.1) is 0 Å². The lowest BCUT2D eigenvalue weighted by Gasteiger charge is -2.22. The first-order chi connectivity index (χ1) is 10.6. The first-order valence-electron chi connectivity index (χ1n) is 8.81. The summed E-state index contributed by atoms with van der Waals surface area (Å²) in [4.78, 5) is 7.18. The second kappa shape index (κ2) is 6.77. The zero-order valence-corrected chi connectivity index (χ0v) is 14.4. The maximum Gasteiger partial charge on any atom is 0.193 e. The van der Waals surface area contributed by atoms with E-state index >= 15 is 0 Å². The quantitative estimate of drug-likeness (QED) is 0.630. The van der Waals surface area contributed by atoms with Crippen molar-refractivity contribution in [3.63, 3.8) is 0 Å². The molecule has 6 heteroatoms. The number of fused-ring (bicyclic) bond motifs is 1. The predicted octanol–water partition coefficient (Wildman–Crippen LogP) is 1.51. The Labute approximate surface area is 134 Å². The maximum atomic E-state index is 11.6. The van der Waals surface area contributed by atoms with Crippen molar-refractivity contribution in [1.29, 1.82) is 0 Å². The zero-order chi connectivity index (χ0) is 15.6. The van der Waals surface area contributed by atoms with Gasteiger partial charge in [0.15, 0.2) is 15.8 Å². The Kier molecular flexibility index (Phi) is 4.95. The molecule has 5 nitrogen and oxygen atoms in total. The van der Waals surface area contributed by atoms with E-state index in [0.29, 0.717) is 18.1 Å². The highest BCUT2D eigenvalue weighted by molar-refractivity contribution is 7.91. The normalized spacial score (nSPS) is 34.7. The van der Waals surface area contributed by atoms with Gasteiger partial charge in [-0.25, -0.2) is 8.42 Å². The fourth-order valence-corrected chi connectivity index (χ4v) is 6.09. The van der Waals surface area contributed by atoms with Crippen LogP contribution in [0, 0.1) is 17.8 Å². The topological polar surface area (TPSA) is 61.8 Å². The lowest BCUT2D eigenvalue weighted by atomic mass is 9.82. The molecule has 3 fully saturated rings. The third-order valence-corrected chi connectivity index (χ3v) is 7.27. The van der Waals surface area contributed by atoms with Crippen molar-refractivity contribution in [1.82, 2.24) is 10.2 Å². The molecule has 0 bridgehead atoms. The third-order valence-electron chi connectivity index (χ3n) is 5.44. The summed E-state index contributed by atoms with van der Waals surface area (Å²) in [6.07, 6.45) is 6.25. The standard InChI is InChI=1S/C16H29N3O2S/c1-2-17-16(18-9-13-7-8-22(20,21)12-13)19-10-14-5-3-4-6-15(14)11-19/h13-15H,2-12H2,1H3,(H,17,18). The Bertz CT molecular complexity index is 503. The van der Waals surface area contributed by atoms with Gasteiger partial charge in [-0.2, -0.15) is 0 Å². The summed E-state index contributed by atoms with van der Waals surface area (Å²) < 4.78 is 23.1. The minimum Gasteiger partial charge on any atom is -0.357 e. The lowest BCUT2D eigenvalue weighted by Crippen LogP contribution is -2.40. The van der Waals surface area contributed by atoms with Gasteiger partial charge < -0.3 is 10.2 Å². The molecular formula is C16H29N3O2S. The van der Waals surface area contributed by atoms with Crippen LogP contribution in [0.3, 0.4) is 0 Å². The number of guanidine groups is 1. The molecule has 1 N–H and O–H groups in total. The van der Waals surface area contributed by atoms with E-state index in [1.807, 2.05) is 0 Å².